The van der Waals surface area contributed by atoms with E-state index in [9.17, 15) is 9.59 Å². The van der Waals surface area contributed by atoms with E-state index in [0.29, 0.717) is 0 Å². The molecule has 3 rings (SSSR count). The number of H-pyrrole nitrogens is 4. The van der Waals surface area contributed by atoms with Gasteiger partial charge in [0, 0.05) is 4.88 Å². The summed E-state index contributed by atoms with van der Waals surface area (Å²) in [5.74, 6) is -0.622. The number of nitrogens with one attached hydrogen (secondary N) is 4. The minimum absolute atomic E-state index is 0.0726. The van der Waals surface area contributed by atoms with Crippen LogP contribution in [-0.2, 0) is 0 Å². The molecule has 0 aliphatic rings. The smallest absolute Gasteiger partial charge is 0.257 e. The zero-order chi connectivity index (χ0) is 17.4. The van der Waals surface area contributed by atoms with Gasteiger partial charge in [-0.15, -0.1) is 11.3 Å². The fourth-order valence-corrected chi connectivity index (χ4v) is 3.73. The van der Waals surface area contributed by atoms with Crippen molar-refractivity contribution in [3.05, 3.63) is 63.8 Å². The third-order valence-electron chi connectivity index (χ3n) is 3.43. The molecule has 0 saturated carbocycles. The number of nitrogens with two attached hydrogens (primary N) is 2. The highest BCUT2D eigenvalue weighted by atomic mass is 32.1. The average Bonchev–Trinajstić information content (AvgIpc) is 2.97. The first-order chi connectivity index (χ1) is 11.4. The van der Waals surface area contributed by atoms with Gasteiger partial charge in [-0.2, -0.15) is 0 Å². The van der Waals surface area contributed by atoms with Crippen LogP contribution in [0.1, 0.15) is 21.9 Å². The fourth-order valence-electron chi connectivity index (χ4n) is 2.48. The maximum Gasteiger partial charge on any atom is 0.257 e. The van der Waals surface area contributed by atoms with Crippen molar-refractivity contribution in [3.63, 3.8) is 0 Å². The lowest BCUT2D eigenvalue weighted by molar-refractivity contribution is 0.898. The van der Waals surface area contributed by atoms with Crippen molar-refractivity contribution < 1.29 is 0 Å². The van der Waals surface area contributed by atoms with Gasteiger partial charge < -0.3 is 21.4 Å². The van der Waals surface area contributed by atoms with Crippen LogP contribution in [0.4, 0.5) is 11.6 Å². The Morgan fingerprint density at radius 2 is 1.42 bits per heavy atom. The summed E-state index contributed by atoms with van der Waals surface area (Å²) < 4.78 is 0.195. The Balaban J connectivity index is 2.41. The molecule has 0 aliphatic heterocycles. The SMILES string of the molecule is Nc1[nH]c(=S)[nH]c(=O)c1C(c1cccs1)c1c(N)[nH]c(=S)[nH]c1=O. The highest BCUT2D eigenvalue weighted by Gasteiger charge is 2.28. The van der Waals surface area contributed by atoms with Crippen molar-refractivity contribution >= 4 is 47.4 Å². The van der Waals surface area contributed by atoms with E-state index in [1.807, 2.05) is 5.38 Å². The van der Waals surface area contributed by atoms with Crippen LogP contribution in [0.25, 0.3) is 0 Å². The Morgan fingerprint density at radius 3 is 1.79 bits per heavy atom. The van der Waals surface area contributed by atoms with Gasteiger partial charge >= 0.3 is 0 Å². The van der Waals surface area contributed by atoms with Crippen LogP contribution in [0.3, 0.4) is 0 Å². The van der Waals surface area contributed by atoms with Crippen LogP contribution in [0.5, 0.6) is 0 Å². The predicted molar refractivity (Wildman–Crippen MR) is 98.6 cm³/mol. The van der Waals surface area contributed by atoms with Gasteiger partial charge in [0.25, 0.3) is 11.1 Å². The second-order valence-corrected chi connectivity index (χ2v) is 6.72. The standard InChI is InChI=1S/C13H12N6O2S3/c14-8-6(10(20)18-12(22)16-8)5(4-2-1-3-24-4)7-9(15)17-13(23)19-11(7)21/h1-3,5H,(H4,14,16,18,20,22)(H4,15,17,19,21,23). The molecule has 0 fully saturated rings. The van der Waals surface area contributed by atoms with Gasteiger partial charge in [-0.3, -0.25) is 19.6 Å². The number of hydrogen-bond donors (Lipinski definition) is 6. The highest BCUT2D eigenvalue weighted by Crippen LogP contribution is 2.35. The first-order valence-corrected chi connectivity index (χ1v) is 8.35. The van der Waals surface area contributed by atoms with Crippen molar-refractivity contribution in [1.82, 2.24) is 19.9 Å². The highest BCUT2D eigenvalue weighted by molar-refractivity contribution is 7.71. The first kappa shape index (κ1) is 16.4. The topological polar surface area (TPSA) is 149 Å². The van der Waals surface area contributed by atoms with E-state index in [1.165, 1.54) is 11.3 Å². The van der Waals surface area contributed by atoms with Gasteiger partial charge in [0.05, 0.1) is 17.0 Å². The summed E-state index contributed by atoms with van der Waals surface area (Å²) >= 11 is 11.2. The van der Waals surface area contributed by atoms with Crippen molar-refractivity contribution in [2.45, 2.75) is 5.92 Å². The van der Waals surface area contributed by atoms with E-state index in [0.717, 1.165) is 4.88 Å². The lowest BCUT2D eigenvalue weighted by Gasteiger charge is -2.18. The van der Waals surface area contributed by atoms with Gasteiger partial charge in [0.2, 0.25) is 0 Å². The normalized spacial score (nSPS) is 11.0. The number of hydrogen-bond acceptors (Lipinski definition) is 7. The van der Waals surface area contributed by atoms with Crippen molar-refractivity contribution in [1.29, 1.82) is 0 Å². The van der Waals surface area contributed by atoms with Crippen LogP contribution in [0, 0.1) is 9.54 Å². The summed E-state index contributed by atoms with van der Waals surface area (Å²) in [4.78, 5) is 36.0. The Morgan fingerprint density at radius 1 is 0.917 bits per heavy atom. The lowest BCUT2D eigenvalue weighted by atomic mass is 9.91. The predicted octanol–water partition coefficient (Wildman–Crippen LogP) is 1.58. The largest absolute Gasteiger partial charge is 0.385 e. The molecule has 0 radical (unpaired) electrons. The lowest BCUT2D eigenvalue weighted by Crippen LogP contribution is -2.27. The third kappa shape index (κ3) is 2.84. The molecule has 3 heterocycles. The zero-order valence-corrected chi connectivity index (χ0v) is 14.5. The summed E-state index contributed by atoms with van der Waals surface area (Å²) in [5, 5.41) is 1.83. The summed E-state index contributed by atoms with van der Waals surface area (Å²) in [6, 6.07) is 3.59. The average molecular weight is 380 g/mol. The van der Waals surface area contributed by atoms with Gasteiger partial charge in [-0.05, 0) is 35.9 Å². The quantitative estimate of drug-likeness (QED) is 0.380. The van der Waals surface area contributed by atoms with E-state index in [2.05, 4.69) is 19.9 Å². The second-order valence-electron chi connectivity index (χ2n) is 4.92. The van der Waals surface area contributed by atoms with Crippen molar-refractivity contribution in [2.24, 2.45) is 0 Å². The molecular weight excluding hydrogens is 368 g/mol. The number of aromatic nitrogens is 4. The summed E-state index contributed by atoms with van der Waals surface area (Å²) in [6.45, 7) is 0. The molecule has 0 aromatic carbocycles. The Labute approximate surface area is 148 Å². The molecular formula is C13H12N6O2S3. The number of aromatic amines is 4. The Hall–Kier alpha value is -2.50. The van der Waals surface area contributed by atoms with E-state index in [1.54, 1.807) is 12.1 Å². The van der Waals surface area contributed by atoms with Gasteiger partial charge in [0.15, 0.2) is 9.54 Å². The molecule has 24 heavy (non-hydrogen) atoms. The summed E-state index contributed by atoms with van der Waals surface area (Å²) in [5.41, 5.74) is 11.3. The summed E-state index contributed by atoms with van der Waals surface area (Å²) in [6.07, 6.45) is 0. The van der Waals surface area contributed by atoms with Crippen LogP contribution >= 0.6 is 35.8 Å². The van der Waals surface area contributed by atoms with Crippen LogP contribution in [0.2, 0.25) is 0 Å². The van der Waals surface area contributed by atoms with Gasteiger partial charge in [0.1, 0.15) is 11.6 Å². The van der Waals surface area contributed by atoms with Gasteiger partial charge in [-0.1, -0.05) is 6.07 Å². The molecule has 0 unspecified atom stereocenters. The monoisotopic (exact) mass is 380 g/mol. The zero-order valence-electron chi connectivity index (χ0n) is 12.0. The minimum atomic E-state index is -0.767. The van der Waals surface area contributed by atoms with Crippen molar-refractivity contribution in [3.8, 4) is 0 Å². The molecule has 8 N–H and O–H groups in total. The van der Waals surface area contributed by atoms with Crippen LogP contribution < -0.4 is 22.6 Å². The molecule has 0 spiro atoms. The Kier molecular flexibility index (Phi) is 4.22. The van der Waals surface area contributed by atoms with Gasteiger partial charge in [-0.25, -0.2) is 0 Å². The Bertz CT molecular complexity index is 1050. The molecule has 3 aromatic heterocycles. The fraction of sp³-hybridized carbons (Fsp3) is 0.0769. The molecule has 0 saturated heterocycles. The maximum absolute atomic E-state index is 12.5. The van der Waals surface area contributed by atoms with Crippen LogP contribution in [-0.4, -0.2) is 19.9 Å². The number of nitrogen functional groups attached to an aromatic ring is 2. The summed E-state index contributed by atoms with van der Waals surface area (Å²) in [7, 11) is 0. The van der Waals surface area contributed by atoms with E-state index < -0.39 is 17.0 Å². The van der Waals surface area contributed by atoms with Crippen molar-refractivity contribution in [2.75, 3.05) is 11.5 Å². The molecule has 3 aromatic rings. The van der Waals surface area contributed by atoms with Crippen LogP contribution in [0.15, 0.2) is 27.1 Å². The number of rotatable bonds is 3. The number of anilines is 2. The van der Waals surface area contributed by atoms with E-state index in [4.69, 9.17) is 35.9 Å². The van der Waals surface area contributed by atoms with E-state index >= 15 is 0 Å². The van der Waals surface area contributed by atoms with E-state index in [-0.39, 0.29) is 32.3 Å². The first-order valence-electron chi connectivity index (χ1n) is 6.66. The molecule has 0 atom stereocenters. The maximum atomic E-state index is 12.5. The molecule has 0 amide bonds. The molecule has 0 aliphatic carbocycles. The third-order valence-corrected chi connectivity index (χ3v) is 4.77. The number of thiophene rings is 1. The molecule has 11 heteroatoms. The minimum Gasteiger partial charge on any atom is -0.385 e. The second kappa shape index (κ2) is 6.19. The molecule has 0 bridgehead atoms. The molecule has 124 valence electrons. The molecule has 8 nitrogen and oxygen atoms in total.